The van der Waals surface area contributed by atoms with Gasteiger partial charge in [0.05, 0.1) is 17.7 Å². The molecule has 6 heterocycles. The van der Waals surface area contributed by atoms with E-state index in [1.165, 1.54) is 53.6 Å². The largest absolute Gasteiger partial charge is 0.465 e. The predicted octanol–water partition coefficient (Wildman–Crippen LogP) is 6.71. The maximum Gasteiger partial charge on any atom is 0.407 e. The average molecular weight is 877 g/mol. The summed E-state index contributed by atoms with van der Waals surface area (Å²) in [6.07, 6.45) is 5.76. The van der Waals surface area contributed by atoms with Gasteiger partial charge in [0.15, 0.2) is 11.6 Å². The molecule has 1 amide bonds. The number of hydrogen-bond acceptors (Lipinski definition) is 12. The number of nitrogens with zero attached hydrogens (tertiary/aromatic N) is 7. The number of rotatable bonds is 11. The summed E-state index contributed by atoms with van der Waals surface area (Å²) in [6.45, 7) is 5.17. The van der Waals surface area contributed by atoms with Crippen LogP contribution >= 0.6 is 35.1 Å². The van der Waals surface area contributed by atoms with E-state index < -0.39 is 73.0 Å². The Hall–Kier alpha value is -4.74. The van der Waals surface area contributed by atoms with Gasteiger partial charge in [0.2, 0.25) is 20.6 Å². The molecule has 0 bridgehead atoms. The Morgan fingerprint density at radius 2 is 1.23 bits per heavy atom. The van der Waals surface area contributed by atoms with E-state index in [1.54, 1.807) is 7.05 Å². The monoisotopic (exact) mass is 876 g/mol. The third kappa shape index (κ3) is 9.27. The van der Waals surface area contributed by atoms with E-state index >= 15 is 4.39 Å². The van der Waals surface area contributed by atoms with Gasteiger partial charge in [-0.3, -0.25) is 0 Å². The van der Waals surface area contributed by atoms with Crippen LogP contribution in [0, 0.1) is 28.9 Å². The second-order valence-corrected chi connectivity index (χ2v) is 18.5. The smallest absolute Gasteiger partial charge is 0.407 e. The fourth-order valence-corrected chi connectivity index (χ4v) is 9.84. The summed E-state index contributed by atoms with van der Waals surface area (Å²) in [5.41, 5.74) is -2.14. The number of hydrogen-bond donors (Lipinski definition) is 2. The van der Waals surface area contributed by atoms with E-state index in [0.717, 1.165) is 46.2 Å². The van der Waals surface area contributed by atoms with Crippen LogP contribution in [0.1, 0.15) is 31.9 Å². The number of aromatic nitrogens is 6. The fourth-order valence-electron chi connectivity index (χ4n) is 5.24. The zero-order valence-electron chi connectivity index (χ0n) is 29.7. The molecule has 0 saturated heterocycles. The molecule has 23 heteroatoms. The molecule has 0 aliphatic rings. The summed E-state index contributed by atoms with van der Waals surface area (Å²) in [4.78, 5) is 27.1. The molecule has 0 radical (unpaired) electrons. The Balaban J connectivity index is 0.000000252. The molecule has 0 unspecified atom stereocenters. The van der Waals surface area contributed by atoms with Crippen LogP contribution < -0.4 is 5.32 Å². The lowest BCUT2D eigenvalue weighted by Crippen LogP contribution is -2.36. The maximum atomic E-state index is 15.5. The van der Waals surface area contributed by atoms with E-state index in [4.69, 9.17) is 0 Å². The summed E-state index contributed by atoms with van der Waals surface area (Å²) in [5.74, 6) is -3.89. The lowest BCUT2D eigenvalue weighted by Gasteiger charge is -2.27. The van der Waals surface area contributed by atoms with Crippen LogP contribution in [-0.2, 0) is 33.1 Å². The third-order valence-electron chi connectivity index (χ3n) is 7.44. The zero-order chi connectivity index (χ0) is 40.3. The molecular weight excluding hydrogens is 844 g/mol. The first-order chi connectivity index (χ1) is 25.9. The van der Waals surface area contributed by atoms with Crippen LogP contribution in [0.25, 0.3) is 22.5 Å². The molecule has 0 aromatic carbocycles. The lowest BCUT2D eigenvalue weighted by atomic mass is 9.96. The average Bonchev–Trinajstić information content (AvgIpc) is 3.95. The fraction of sp³-hybridized carbons (Fsp3) is 0.242. The molecule has 0 aliphatic heterocycles. The molecule has 300 valence electrons. The number of thiazole rings is 2. The second-order valence-electron chi connectivity index (χ2n) is 12.7. The van der Waals surface area contributed by atoms with Crippen molar-refractivity contribution in [2.45, 2.75) is 42.5 Å². The van der Waals surface area contributed by atoms with Crippen molar-refractivity contribution in [2.24, 2.45) is 5.41 Å². The van der Waals surface area contributed by atoms with Gasteiger partial charge in [-0.05, 0) is 36.7 Å². The number of amides is 1. The van der Waals surface area contributed by atoms with E-state index in [-0.39, 0.29) is 56.4 Å². The van der Waals surface area contributed by atoms with Crippen molar-refractivity contribution in [2.75, 3.05) is 13.6 Å². The van der Waals surface area contributed by atoms with Crippen molar-refractivity contribution < 1.29 is 44.3 Å². The molecule has 0 saturated carbocycles. The number of carboxylic acid groups (broad SMARTS) is 1. The molecule has 2 N–H and O–H groups in total. The highest BCUT2D eigenvalue weighted by Crippen LogP contribution is 2.34. The van der Waals surface area contributed by atoms with Crippen molar-refractivity contribution in [1.82, 2.24) is 38.1 Å². The van der Waals surface area contributed by atoms with E-state index in [9.17, 15) is 39.9 Å². The highest BCUT2D eigenvalue weighted by atomic mass is 35.5. The normalized spacial score (nSPS) is 11.8. The van der Waals surface area contributed by atoms with Gasteiger partial charge in [-0.2, -0.15) is 25.6 Å². The molecule has 56 heavy (non-hydrogen) atoms. The minimum absolute atomic E-state index is 0. The van der Waals surface area contributed by atoms with E-state index in [1.807, 2.05) is 20.8 Å². The standard InChI is InChI=1S/C19H20F2N4O4S2.C14H12F2N4O2S2.ClH/c1-19(2,3)11-24(18(26)27)9-12-10-25(31(28,29)17-23-7-8-30-17)15(14(12)20)13-5-4-6-22-16(13)21;1-17-7-9-8-20(24(21,22)14-19-5-6-23-14)12(11(9)15)10-3-2-4-18-13(10)16;/h4-8,10H,9,11H2,1-3H3,(H,26,27);2-6,8,17H,7H2,1H3;1H. The number of nitrogens with one attached hydrogen (secondary N) is 1. The third-order valence-corrected chi connectivity index (χ3v) is 13.1. The van der Waals surface area contributed by atoms with Gasteiger partial charge in [0.1, 0.15) is 11.4 Å². The molecule has 6 rings (SSSR count). The minimum Gasteiger partial charge on any atom is -0.465 e. The van der Waals surface area contributed by atoms with Crippen LogP contribution in [0.3, 0.4) is 0 Å². The van der Waals surface area contributed by atoms with Gasteiger partial charge < -0.3 is 15.3 Å². The lowest BCUT2D eigenvalue weighted by molar-refractivity contribution is 0.122. The van der Waals surface area contributed by atoms with Gasteiger partial charge in [-0.15, -0.1) is 35.1 Å². The van der Waals surface area contributed by atoms with Crippen LogP contribution in [0.15, 0.2) is 80.9 Å². The second kappa shape index (κ2) is 17.6. The van der Waals surface area contributed by atoms with Crippen molar-refractivity contribution in [3.05, 3.63) is 107 Å². The van der Waals surface area contributed by atoms with Gasteiger partial charge in [0.25, 0.3) is 20.0 Å². The Morgan fingerprint density at radius 1 is 0.786 bits per heavy atom. The molecule has 0 atom stereocenters. The first-order valence-corrected chi connectivity index (χ1v) is 20.5. The van der Waals surface area contributed by atoms with Gasteiger partial charge >= 0.3 is 6.09 Å². The molecule has 0 fully saturated rings. The van der Waals surface area contributed by atoms with Crippen molar-refractivity contribution in [3.8, 4) is 22.5 Å². The molecule has 14 nitrogen and oxygen atoms in total. The highest BCUT2D eigenvalue weighted by Gasteiger charge is 2.32. The van der Waals surface area contributed by atoms with Crippen molar-refractivity contribution in [1.29, 1.82) is 0 Å². The summed E-state index contributed by atoms with van der Waals surface area (Å²) < 4.78 is 111. The Bertz CT molecular complexity index is 2530. The molecule has 0 spiro atoms. The van der Waals surface area contributed by atoms with E-state index in [0.29, 0.717) is 7.94 Å². The summed E-state index contributed by atoms with van der Waals surface area (Å²) >= 11 is 1.71. The first-order valence-electron chi connectivity index (χ1n) is 15.8. The maximum absolute atomic E-state index is 15.5. The summed E-state index contributed by atoms with van der Waals surface area (Å²) in [5, 5.41) is 15.2. The molecule has 6 aromatic rings. The zero-order valence-corrected chi connectivity index (χ0v) is 33.8. The number of pyridine rings is 2. The molecule has 6 aromatic heterocycles. The highest BCUT2D eigenvalue weighted by molar-refractivity contribution is 7.92. The van der Waals surface area contributed by atoms with Crippen LogP contribution in [0.2, 0.25) is 0 Å². The van der Waals surface area contributed by atoms with Crippen molar-refractivity contribution >= 4 is 61.2 Å². The van der Waals surface area contributed by atoms with Gasteiger partial charge in [0, 0.05) is 72.2 Å². The SMILES string of the molecule is CC(C)(C)CN(Cc1cn(S(=O)(=O)c2nccs2)c(-c2cccnc2F)c1F)C(=O)O.CNCc1cn(S(=O)(=O)c2nccs2)c(-c2cccnc2F)c1F.Cl. The van der Waals surface area contributed by atoms with Crippen LogP contribution in [-0.4, -0.2) is 74.4 Å². The molecule has 0 aliphatic carbocycles. The Labute approximate surface area is 333 Å². The van der Waals surface area contributed by atoms with E-state index in [2.05, 4.69) is 25.3 Å². The summed E-state index contributed by atoms with van der Waals surface area (Å²) in [6, 6.07) is 5.22. The van der Waals surface area contributed by atoms with Gasteiger partial charge in [-0.25, -0.2) is 41.5 Å². The minimum atomic E-state index is -4.36. The number of halogens is 5. The number of carbonyl (C=O) groups is 1. The Kier molecular flexibility index (Phi) is 13.8. The predicted molar refractivity (Wildman–Crippen MR) is 202 cm³/mol. The first kappa shape index (κ1) is 44.0. The van der Waals surface area contributed by atoms with Crippen molar-refractivity contribution in [3.63, 3.8) is 0 Å². The van der Waals surface area contributed by atoms with Crippen LogP contribution in [0.5, 0.6) is 0 Å². The topological polar surface area (TPSA) is 182 Å². The summed E-state index contributed by atoms with van der Waals surface area (Å²) in [7, 11) is -6.92. The molecular formula is C33H33ClF4N8O6S4. The quantitative estimate of drug-likeness (QED) is 0.104. The Morgan fingerprint density at radius 3 is 1.61 bits per heavy atom. The van der Waals surface area contributed by atoms with Crippen LogP contribution in [0.4, 0.5) is 22.4 Å². The van der Waals surface area contributed by atoms with Gasteiger partial charge in [-0.1, -0.05) is 20.8 Å².